The maximum absolute atomic E-state index is 12.1. The van der Waals surface area contributed by atoms with Gasteiger partial charge in [0.2, 0.25) is 0 Å². The molecule has 1 atom stereocenters. The highest BCUT2D eigenvalue weighted by atomic mass is 16.5. The fraction of sp³-hybridized carbons (Fsp3) is 0.100. The molecule has 0 aromatic heterocycles. The molecule has 0 aliphatic carbocycles. The Hall–Kier alpha value is -3.54. The minimum atomic E-state index is -1.22. The molecule has 0 fully saturated rings. The van der Waals surface area contributed by atoms with Gasteiger partial charge in [0.15, 0.2) is 12.6 Å². The summed E-state index contributed by atoms with van der Waals surface area (Å²) in [7, 11) is 0. The lowest BCUT2D eigenvalue weighted by Crippen LogP contribution is -2.36. The van der Waals surface area contributed by atoms with Gasteiger partial charge in [0.25, 0.3) is 5.91 Å². The van der Waals surface area contributed by atoms with Gasteiger partial charge in [-0.05, 0) is 40.6 Å². The number of carbonyl (C=O) groups is 2. The zero-order chi connectivity index (χ0) is 18.5. The molecule has 3 N–H and O–H groups in total. The third-order valence-corrected chi connectivity index (χ3v) is 3.87. The number of carboxylic acid groups (broad SMARTS) is 1. The van der Waals surface area contributed by atoms with E-state index < -0.39 is 17.9 Å². The number of aromatic hydroxyl groups is 1. The molecule has 3 aromatic rings. The molecule has 0 spiro atoms. The summed E-state index contributed by atoms with van der Waals surface area (Å²) in [5, 5.41) is 23.1. The zero-order valence-corrected chi connectivity index (χ0v) is 13.8. The molecule has 6 nitrogen and oxygen atoms in total. The summed E-state index contributed by atoms with van der Waals surface area (Å²) in [6.07, 6.45) is 0. The average Bonchev–Trinajstić information content (AvgIpc) is 2.65. The summed E-state index contributed by atoms with van der Waals surface area (Å²) in [6, 6.07) is 17.6. The van der Waals surface area contributed by atoms with Crippen LogP contribution in [-0.4, -0.2) is 28.7 Å². The van der Waals surface area contributed by atoms with Crippen molar-refractivity contribution in [1.29, 1.82) is 0 Å². The van der Waals surface area contributed by atoms with E-state index in [1.165, 1.54) is 24.3 Å². The number of aliphatic carboxylic acids is 1. The molecule has 0 bridgehead atoms. The van der Waals surface area contributed by atoms with Gasteiger partial charge in [-0.25, -0.2) is 4.79 Å². The van der Waals surface area contributed by atoms with Crippen molar-refractivity contribution in [3.63, 3.8) is 0 Å². The number of phenols is 1. The summed E-state index contributed by atoms with van der Waals surface area (Å²) in [4.78, 5) is 23.5. The Morgan fingerprint density at radius 2 is 1.65 bits per heavy atom. The van der Waals surface area contributed by atoms with E-state index >= 15 is 0 Å². The van der Waals surface area contributed by atoms with E-state index in [4.69, 9.17) is 4.74 Å². The molecule has 0 saturated heterocycles. The molecule has 0 saturated carbocycles. The van der Waals surface area contributed by atoms with Crippen LogP contribution >= 0.6 is 0 Å². The number of ether oxygens (including phenoxy) is 1. The van der Waals surface area contributed by atoms with Crippen molar-refractivity contribution in [2.45, 2.75) is 6.04 Å². The Balaban J connectivity index is 1.64. The number of fused-ring (bicyclic) bond motifs is 1. The number of phenolic OH excluding ortho intramolecular Hbond substituents is 1. The van der Waals surface area contributed by atoms with Gasteiger partial charge in [-0.15, -0.1) is 0 Å². The van der Waals surface area contributed by atoms with E-state index in [0.29, 0.717) is 11.3 Å². The van der Waals surface area contributed by atoms with E-state index in [1.807, 2.05) is 36.4 Å². The Kier molecular flexibility index (Phi) is 5.03. The number of hydrogen-bond donors (Lipinski definition) is 3. The molecule has 26 heavy (non-hydrogen) atoms. The van der Waals surface area contributed by atoms with Crippen molar-refractivity contribution in [2.75, 3.05) is 6.61 Å². The Morgan fingerprint density at radius 1 is 0.962 bits per heavy atom. The second kappa shape index (κ2) is 7.57. The molecule has 0 unspecified atom stereocenters. The summed E-state index contributed by atoms with van der Waals surface area (Å²) in [6.45, 7) is -0.305. The van der Waals surface area contributed by atoms with Crippen molar-refractivity contribution in [1.82, 2.24) is 5.32 Å². The van der Waals surface area contributed by atoms with Gasteiger partial charge in [-0.2, -0.15) is 0 Å². The lowest BCUT2D eigenvalue weighted by molar-refractivity contribution is -0.142. The third kappa shape index (κ3) is 4.10. The van der Waals surface area contributed by atoms with Crippen LogP contribution in [0, 0.1) is 0 Å². The predicted octanol–water partition coefficient (Wildman–Crippen LogP) is 2.87. The van der Waals surface area contributed by atoms with E-state index in [-0.39, 0.29) is 12.4 Å². The minimum Gasteiger partial charge on any atom is -0.508 e. The monoisotopic (exact) mass is 351 g/mol. The maximum atomic E-state index is 12.1. The second-order valence-electron chi connectivity index (χ2n) is 5.73. The number of amides is 1. The molecular formula is C20H17NO5. The average molecular weight is 351 g/mol. The van der Waals surface area contributed by atoms with Crippen LogP contribution in [0.15, 0.2) is 66.7 Å². The van der Waals surface area contributed by atoms with Gasteiger partial charge in [0.1, 0.15) is 11.5 Å². The molecule has 0 aliphatic rings. The number of carbonyl (C=O) groups excluding carboxylic acids is 1. The quantitative estimate of drug-likeness (QED) is 0.635. The van der Waals surface area contributed by atoms with Gasteiger partial charge < -0.3 is 20.3 Å². The topological polar surface area (TPSA) is 95.9 Å². The SMILES string of the molecule is O=C(COc1ccc2ccccc2c1)N[C@@H](C(=O)O)c1ccc(O)cc1. The summed E-state index contributed by atoms with van der Waals surface area (Å²) < 4.78 is 5.47. The lowest BCUT2D eigenvalue weighted by Gasteiger charge is -2.15. The van der Waals surface area contributed by atoms with Crippen LogP contribution in [0.3, 0.4) is 0 Å². The Labute approximate surface area is 149 Å². The van der Waals surface area contributed by atoms with Crippen LogP contribution in [0.1, 0.15) is 11.6 Å². The van der Waals surface area contributed by atoms with Gasteiger partial charge in [0.05, 0.1) is 0 Å². The second-order valence-corrected chi connectivity index (χ2v) is 5.73. The van der Waals surface area contributed by atoms with Gasteiger partial charge in [-0.3, -0.25) is 4.79 Å². The number of nitrogens with one attached hydrogen (secondary N) is 1. The molecule has 0 radical (unpaired) electrons. The number of hydrogen-bond acceptors (Lipinski definition) is 4. The van der Waals surface area contributed by atoms with Crippen LogP contribution < -0.4 is 10.1 Å². The van der Waals surface area contributed by atoms with Crippen molar-refractivity contribution >= 4 is 22.6 Å². The molecular weight excluding hydrogens is 334 g/mol. The fourth-order valence-electron chi connectivity index (χ4n) is 2.56. The lowest BCUT2D eigenvalue weighted by atomic mass is 10.1. The van der Waals surface area contributed by atoms with Crippen LogP contribution in [0.4, 0.5) is 0 Å². The zero-order valence-electron chi connectivity index (χ0n) is 13.8. The predicted molar refractivity (Wildman–Crippen MR) is 96.1 cm³/mol. The number of benzene rings is 3. The molecule has 3 rings (SSSR count). The summed E-state index contributed by atoms with van der Waals surface area (Å²) in [5.74, 6) is -1.22. The standard InChI is InChI=1S/C20H17NO5/c22-16-8-5-14(6-9-16)19(20(24)25)21-18(23)12-26-17-10-7-13-3-1-2-4-15(13)11-17/h1-11,19,22H,12H2,(H,21,23)(H,24,25)/t19-/m1/s1. The van der Waals surface area contributed by atoms with Crippen molar-refractivity contribution < 1.29 is 24.5 Å². The van der Waals surface area contributed by atoms with Crippen molar-refractivity contribution in [3.05, 3.63) is 72.3 Å². The minimum absolute atomic E-state index is 0.0175. The molecule has 6 heteroatoms. The summed E-state index contributed by atoms with van der Waals surface area (Å²) in [5.41, 5.74) is 0.356. The van der Waals surface area contributed by atoms with Gasteiger partial charge in [0, 0.05) is 0 Å². The highest BCUT2D eigenvalue weighted by Gasteiger charge is 2.22. The molecule has 132 valence electrons. The normalized spacial score (nSPS) is 11.7. The largest absolute Gasteiger partial charge is 0.508 e. The van der Waals surface area contributed by atoms with Crippen molar-refractivity contribution in [3.8, 4) is 11.5 Å². The first kappa shape index (κ1) is 17.3. The van der Waals surface area contributed by atoms with E-state index in [2.05, 4.69) is 5.32 Å². The molecule has 0 aliphatic heterocycles. The third-order valence-electron chi connectivity index (χ3n) is 3.87. The van der Waals surface area contributed by atoms with Crippen LogP contribution in [0.25, 0.3) is 10.8 Å². The van der Waals surface area contributed by atoms with E-state index in [0.717, 1.165) is 10.8 Å². The molecule has 1 amide bonds. The van der Waals surface area contributed by atoms with Gasteiger partial charge >= 0.3 is 5.97 Å². The fourth-order valence-corrected chi connectivity index (χ4v) is 2.56. The number of rotatable bonds is 6. The molecule has 3 aromatic carbocycles. The van der Waals surface area contributed by atoms with Crippen LogP contribution in [0.5, 0.6) is 11.5 Å². The van der Waals surface area contributed by atoms with Crippen molar-refractivity contribution in [2.24, 2.45) is 0 Å². The Bertz CT molecular complexity index is 936. The first-order chi connectivity index (χ1) is 12.5. The van der Waals surface area contributed by atoms with Crippen LogP contribution in [-0.2, 0) is 9.59 Å². The number of carboxylic acids is 1. The first-order valence-corrected chi connectivity index (χ1v) is 7.95. The smallest absolute Gasteiger partial charge is 0.330 e. The Morgan fingerprint density at radius 3 is 2.35 bits per heavy atom. The van der Waals surface area contributed by atoms with E-state index in [9.17, 15) is 19.8 Å². The maximum Gasteiger partial charge on any atom is 0.330 e. The highest BCUT2D eigenvalue weighted by Crippen LogP contribution is 2.21. The summed E-state index contributed by atoms with van der Waals surface area (Å²) >= 11 is 0. The van der Waals surface area contributed by atoms with E-state index in [1.54, 1.807) is 6.07 Å². The first-order valence-electron chi connectivity index (χ1n) is 7.95. The molecule has 0 heterocycles. The van der Waals surface area contributed by atoms with Gasteiger partial charge in [-0.1, -0.05) is 42.5 Å². The van der Waals surface area contributed by atoms with Crippen LogP contribution in [0.2, 0.25) is 0 Å². The highest BCUT2D eigenvalue weighted by molar-refractivity contribution is 5.86.